The van der Waals surface area contributed by atoms with Crippen molar-refractivity contribution in [2.75, 3.05) is 12.3 Å². The van der Waals surface area contributed by atoms with Crippen LogP contribution in [0.3, 0.4) is 0 Å². The van der Waals surface area contributed by atoms with E-state index in [0.29, 0.717) is 23.7 Å². The van der Waals surface area contributed by atoms with Gasteiger partial charge >= 0.3 is 0 Å². The molecule has 0 saturated carbocycles. The zero-order chi connectivity index (χ0) is 9.84. The van der Waals surface area contributed by atoms with Gasteiger partial charge in [0.1, 0.15) is 11.6 Å². The lowest BCUT2D eigenvalue weighted by molar-refractivity contribution is 0.325. The molecule has 2 N–H and O–H groups in total. The van der Waals surface area contributed by atoms with E-state index in [-0.39, 0.29) is 0 Å². The number of nitrogen functional groups attached to an aromatic ring is 1. The molecule has 1 heterocycles. The SMILES string of the molecule is CCOc1nc(C)cc(N)c1C#N. The van der Waals surface area contributed by atoms with Crippen LogP contribution in [0, 0.1) is 18.3 Å². The molecule has 0 fully saturated rings. The molecule has 0 radical (unpaired) electrons. The Hall–Kier alpha value is -1.76. The Labute approximate surface area is 77.0 Å². The van der Waals surface area contributed by atoms with E-state index in [9.17, 15) is 0 Å². The first-order valence-electron chi connectivity index (χ1n) is 3.99. The Morgan fingerprint density at radius 2 is 2.38 bits per heavy atom. The van der Waals surface area contributed by atoms with Gasteiger partial charge in [-0.25, -0.2) is 4.98 Å². The van der Waals surface area contributed by atoms with Crippen LogP contribution in [-0.4, -0.2) is 11.6 Å². The third-order valence-corrected chi connectivity index (χ3v) is 1.54. The second-order valence-electron chi connectivity index (χ2n) is 2.58. The number of pyridine rings is 1. The number of nitriles is 1. The van der Waals surface area contributed by atoms with Gasteiger partial charge in [0, 0.05) is 5.69 Å². The van der Waals surface area contributed by atoms with Gasteiger partial charge in [0.25, 0.3) is 0 Å². The molecule has 0 aromatic carbocycles. The van der Waals surface area contributed by atoms with Gasteiger partial charge in [0.2, 0.25) is 5.88 Å². The molecular weight excluding hydrogens is 166 g/mol. The van der Waals surface area contributed by atoms with Gasteiger partial charge < -0.3 is 10.5 Å². The highest BCUT2D eigenvalue weighted by Gasteiger charge is 2.09. The molecule has 0 saturated heterocycles. The zero-order valence-corrected chi connectivity index (χ0v) is 7.66. The summed E-state index contributed by atoms with van der Waals surface area (Å²) in [5.74, 6) is 0.322. The summed E-state index contributed by atoms with van der Waals surface area (Å²) in [4.78, 5) is 4.07. The Bertz CT molecular complexity index is 355. The fourth-order valence-electron chi connectivity index (χ4n) is 1.02. The van der Waals surface area contributed by atoms with E-state index in [1.54, 1.807) is 13.0 Å². The van der Waals surface area contributed by atoms with E-state index in [1.807, 2.05) is 13.0 Å². The molecule has 4 nitrogen and oxygen atoms in total. The van der Waals surface area contributed by atoms with Gasteiger partial charge in [-0.3, -0.25) is 0 Å². The molecule has 0 atom stereocenters. The van der Waals surface area contributed by atoms with Gasteiger partial charge in [-0.05, 0) is 19.9 Å². The van der Waals surface area contributed by atoms with Gasteiger partial charge in [-0.15, -0.1) is 0 Å². The topological polar surface area (TPSA) is 71.9 Å². The highest BCUT2D eigenvalue weighted by atomic mass is 16.5. The maximum Gasteiger partial charge on any atom is 0.234 e. The summed E-state index contributed by atoms with van der Waals surface area (Å²) in [6.45, 7) is 4.12. The first-order valence-corrected chi connectivity index (χ1v) is 3.99. The van der Waals surface area contributed by atoms with Gasteiger partial charge in [-0.1, -0.05) is 0 Å². The number of nitrogens with two attached hydrogens (primary N) is 1. The van der Waals surface area contributed by atoms with Gasteiger partial charge in [-0.2, -0.15) is 5.26 Å². The van der Waals surface area contributed by atoms with Crippen molar-refractivity contribution >= 4 is 5.69 Å². The van der Waals surface area contributed by atoms with Crippen molar-refractivity contribution in [1.82, 2.24) is 4.98 Å². The maximum absolute atomic E-state index is 8.77. The number of ether oxygens (including phenoxy) is 1. The number of hydrogen-bond donors (Lipinski definition) is 1. The molecule has 0 aliphatic carbocycles. The van der Waals surface area contributed by atoms with Crippen molar-refractivity contribution in [1.29, 1.82) is 5.26 Å². The molecule has 13 heavy (non-hydrogen) atoms. The number of nitrogens with zero attached hydrogens (tertiary/aromatic N) is 2. The summed E-state index contributed by atoms with van der Waals surface area (Å²) < 4.78 is 5.18. The summed E-state index contributed by atoms with van der Waals surface area (Å²) in [5, 5.41) is 8.77. The second-order valence-corrected chi connectivity index (χ2v) is 2.58. The molecular formula is C9H11N3O. The van der Waals surface area contributed by atoms with Crippen LogP contribution in [0.25, 0.3) is 0 Å². The number of aryl methyl sites for hydroxylation is 1. The quantitative estimate of drug-likeness (QED) is 0.737. The maximum atomic E-state index is 8.77. The molecule has 4 heteroatoms. The minimum absolute atomic E-state index is 0.312. The molecule has 1 rings (SSSR count). The highest BCUT2D eigenvalue weighted by molar-refractivity contribution is 5.59. The van der Waals surface area contributed by atoms with Crippen LogP contribution in [0.1, 0.15) is 18.2 Å². The van der Waals surface area contributed by atoms with Crippen LogP contribution in [0.5, 0.6) is 5.88 Å². The van der Waals surface area contributed by atoms with E-state index < -0.39 is 0 Å². The van der Waals surface area contributed by atoms with E-state index >= 15 is 0 Å². The van der Waals surface area contributed by atoms with Crippen LogP contribution in [0.2, 0.25) is 0 Å². The zero-order valence-electron chi connectivity index (χ0n) is 7.66. The summed E-state index contributed by atoms with van der Waals surface area (Å²) in [6, 6.07) is 3.62. The van der Waals surface area contributed by atoms with E-state index in [1.165, 1.54) is 0 Å². The predicted molar refractivity (Wildman–Crippen MR) is 49.3 cm³/mol. The van der Waals surface area contributed by atoms with Crippen molar-refractivity contribution in [3.05, 3.63) is 17.3 Å². The lowest BCUT2D eigenvalue weighted by atomic mass is 10.2. The Kier molecular flexibility index (Phi) is 2.70. The fourth-order valence-corrected chi connectivity index (χ4v) is 1.02. The van der Waals surface area contributed by atoms with Crippen LogP contribution in [0.4, 0.5) is 5.69 Å². The van der Waals surface area contributed by atoms with Crippen LogP contribution >= 0.6 is 0 Å². The Morgan fingerprint density at radius 1 is 1.69 bits per heavy atom. The minimum Gasteiger partial charge on any atom is -0.477 e. The summed E-state index contributed by atoms with van der Waals surface area (Å²) in [5.41, 5.74) is 7.10. The Balaban J connectivity index is 3.23. The molecule has 0 amide bonds. The summed E-state index contributed by atoms with van der Waals surface area (Å²) in [7, 11) is 0. The third kappa shape index (κ3) is 1.88. The molecule has 0 aliphatic heterocycles. The number of aromatic nitrogens is 1. The molecule has 0 bridgehead atoms. The van der Waals surface area contributed by atoms with Crippen molar-refractivity contribution in [3.63, 3.8) is 0 Å². The van der Waals surface area contributed by atoms with E-state index in [0.717, 1.165) is 5.69 Å². The normalized spacial score (nSPS) is 9.31. The van der Waals surface area contributed by atoms with Crippen LogP contribution in [-0.2, 0) is 0 Å². The first-order chi connectivity index (χ1) is 6.19. The van der Waals surface area contributed by atoms with E-state index in [2.05, 4.69) is 4.98 Å². The third-order valence-electron chi connectivity index (χ3n) is 1.54. The average molecular weight is 177 g/mol. The van der Waals surface area contributed by atoms with Gasteiger partial charge in [0.05, 0.1) is 12.3 Å². The molecule has 0 unspecified atom stereocenters. The lowest BCUT2D eigenvalue weighted by Gasteiger charge is -2.06. The molecule has 0 spiro atoms. The number of anilines is 1. The molecule has 68 valence electrons. The molecule has 1 aromatic rings. The smallest absolute Gasteiger partial charge is 0.234 e. The molecule has 1 aromatic heterocycles. The van der Waals surface area contributed by atoms with Crippen molar-refractivity contribution in [2.24, 2.45) is 0 Å². The van der Waals surface area contributed by atoms with Crippen molar-refractivity contribution in [2.45, 2.75) is 13.8 Å². The monoisotopic (exact) mass is 177 g/mol. The second kappa shape index (κ2) is 3.76. The lowest BCUT2D eigenvalue weighted by Crippen LogP contribution is -2.02. The minimum atomic E-state index is 0.312. The number of hydrogen-bond acceptors (Lipinski definition) is 4. The number of rotatable bonds is 2. The van der Waals surface area contributed by atoms with Crippen LogP contribution < -0.4 is 10.5 Å². The molecule has 0 aliphatic rings. The van der Waals surface area contributed by atoms with Crippen molar-refractivity contribution < 1.29 is 4.74 Å². The van der Waals surface area contributed by atoms with Gasteiger partial charge in [0.15, 0.2) is 0 Å². The average Bonchev–Trinajstić information content (AvgIpc) is 2.04. The predicted octanol–water partition coefficient (Wildman–Crippen LogP) is 1.24. The highest BCUT2D eigenvalue weighted by Crippen LogP contribution is 2.21. The summed E-state index contributed by atoms with van der Waals surface area (Å²) in [6.07, 6.45) is 0. The summed E-state index contributed by atoms with van der Waals surface area (Å²) >= 11 is 0. The Morgan fingerprint density at radius 3 is 2.92 bits per heavy atom. The van der Waals surface area contributed by atoms with E-state index in [4.69, 9.17) is 15.7 Å². The fraction of sp³-hybridized carbons (Fsp3) is 0.333. The van der Waals surface area contributed by atoms with Crippen molar-refractivity contribution in [3.8, 4) is 11.9 Å². The van der Waals surface area contributed by atoms with Crippen LogP contribution in [0.15, 0.2) is 6.07 Å². The standard InChI is InChI=1S/C9H11N3O/c1-3-13-9-7(5-10)8(11)4-6(2)12-9/h4H,3H2,1-2H3,(H2,11,12). The largest absolute Gasteiger partial charge is 0.477 e. The first kappa shape index (κ1) is 9.33.